The van der Waals surface area contributed by atoms with Gasteiger partial charge in [0.25, 0.3) is 0 Å². The zero-order valence-electron chi connectivity index (χ0n) is 15.2. The van der Waals surface area contributed by atoms with Gasteiger partial charge in [0, 0.05) is 43.3 Å². The molecule has 3 aromatic heterocycles. The van der Waals surface area contributed by atoms with Crippen molar-refractivity contribution in [1.29, 1.82) is 0 Å². The fraction of sp³-hybridized carbons (Fsp3) is 0.444. The van der Waals surface area contributed by atoms with Gasteiger partial charge in [-0.3, -0.25) is 4.90 Å². The number of aromatic amines is 1. The quantitative estimate of drug-likeness (QED) is 0.659. The minimum atomic E-state index is 0.343. The van der Waals surface area contributed by atoms with E-state index in [2.05, 4.69) is 35.1 Å². The van der Waals surface area contributed by atoms with E-state index in [1.165, 1.54) is 0 Å². The minimum absolute atomic E-state index is 0.343. The van der Waals surface area contributed by atoms with E-state index in [-0.39, 0.29) is 0 Å². The summed E-state index contributed by atoms with van der Waals surface area (Å²) >= 11 is 0. The van der Waals surface area contributed by atoms with Crippen molar-refractivity contribution in [3.05, 3.63) is 35.5 Å². The molecular weight excluding hydrogens is 328 g/mol. The lowest BCUT2D eigenvalue weighted by Gasteiger charge is -2.32. The number of likely N-dealkylation sites (tertiary alicyclic amines) is 1. The van der Waals surface area contributed by atoms with Crippen LogP contribution in [0.25, 0.3) is 11.0 Å². The van der Waals surface area contributed by atoms with Crippen molar-refractivity contribution in [3.63, 3.8) is 0 Å². The van der Waals surface area contributed by atoms with Gasteiger partial charge in [-0.25, -0.2) is 9.97 Å². The van der Waals surface area contributed by atoms with Crippen LogP contribution in [0, 0.1) is 13.8 Å². The summed E-state index contributed by atoms with van der Waals surface area (Å²) in [6.45, 7) is 6.94. The van der Waals surface area contributed by atoms with Gasteiger partial charge >= 0.3 is 0 Å². The molecule has 4 N–H and O–H groups in total. The van der Waals surface area contributed by atoms with E-state index in [0.29, 0.717) is 23.5 Å². The highest BCUT2D eigenvalue weighted by atomic mass is 15.2. The zero-order valence-corrected chi connectivity index (χ0v) is 15.2. The van der Waals surface area contributed by atoms with Crippen LogP contribution in [0.2, 0.25) is 0 Å². The van der Waals surface area contributed by atoms with E-state index >= 15 is 0 Å². The van der Waals surface area contributed by atoms with Crippen molar-refractivity contribution in [3.8, 4) is 0 Å². The Morgan fingerprint density at radius 1 is 1.23 bits per heavy atom. The smallest absolute Gasteiger partial charge is 0.226 e. The Bertz CT molecular complexity index is 897. The lowest BCUT2D eigenvalue weighted by atomic mass is 10.1. The molecule has 1 aliphatic rings. The molecule has 0 saturated carbocycles. The summed E-state index contributed by atoms with van der Waals surface area (Å²) in [4.78, 5) is 23.2. The molecule has 0 amide bonds. The van der Waals surface area contributed by atoms with E-state index in [1.54, 1.807) is 6.33 Å². The monoisotopic (exact) mass is 352 g/mol. The number of rotatable bonds is 4. The van der Waals surface area contributed by atoms with E-state index in [1.807, 2.05) is 26.1 Å². The first-order valence-corrected chi connectivity index (χ1v) is 8.96. The van der Waals surface area contributed by atoms with E-state index in [4.69, 9.17) is 5.73 Å². The maximum absolute atomic E-state index is 6.16. The summed E-state index contributed by atoms with van der Waals surface area (Å²) in [6.07, 6.45) is 5.68. The SMILES string of the molecule is Cc1cc(C)c2c(N)nc(NC3CCN(Cc4cnc[nH]4)CC3)nc2n1. The highest BCUT2D eigenvalue weighted by molar-refractivity contribution is 5.89. The average molecular weight is 352 g/mol. The molecule has 0 radical (unpaired) electrons. The Kier molecular flexibility index (Phi) is 4.42. The molecule has 8 nitrogen and oxygen atoms in total. The third kappa shape index (κ3) is 3.45. The lowest BCUT2D eigenvalue weighted by Crippen LogP contribution is -2.39. The molecule has 0 aromatic carbocycles. The van der Waals surface area contributed by atoms with Crippen LogP contribution in [0.4, 0.5) is 11.8 Å². The molecule has 1 saturated heterocycles. The second kappa shape index (κ2) is 6.87. The molecule has 0 aliphatic carbocycles. The average Bonchev–Trinajstić information content (AvgIpc) is 3.08. The fourth-order valence-corrected chi connectivity index (χ4v) is 3.60. The van der Waals surface area contributed by atoms with Gasteiger partial charge in [-0.05, 0) is 38.3 Å². The van der Waals surface area contributed by atoms with Crippen LogP contribution in [0.3, 0.4) is 0 Å². The second-order valence-corrected chi connectivity index (χ2v) is 6.98. The number of fused-ring (bicyclic) bond motifs is 1. The number of aryl methyl sites for hydroxylation is 2. The molecular formula is C18H24N8. The van der Waals surface area contributed by atoms with Crippen molar-refractivity contribution < 1.29 is 0 Å². The van der Waals surface area contributed by atoms with Gasteiger partial charge in [0.1, 0.15) is 5.82 Å². The van der Waals surface area contributed by atoms with Gasteiger partial charge in [-0.15, -0.1) is 0 Å². The first-order chi connectivity index (χ1) is 12.6. The van der Waals surface area contributed by atoms with Crippen LogP contribution in [0.1, 0.15) is 29.8 Å². The molecule has 26 heavy (non-hydrogen) atoms. The first kappa shape index (κ1) is 16.7. The number of piperidine rings is 1. The number of anilines is 2. The number of imidazole rings is 1. The number of H-pyrrole nitrogens is 1. The molecule has 0 bridgehead atoms. The van der Waals surface area contributed by atoms with Crippen LogP contribution in [0.15, 0.2) is 18.6 Å². The molecule has 4 rings (SSSR count). The zero-order chi connectivity index (χ0) is 18.1. The Hall–Kier alpha value is -2.74. The number of nitrogens with one attached hydrogen (secondary N) is 2. The highest BCUT2D eigenvalue weighted by Gasteiger charge is 2.21. The van der Waals surface area contributed by atoms with Gasteiger partial charge in [0.05, 0.1) is 11.7 Å². The van der Waals surface area contributed by atoms with Crippen molar-refractivity contribution in [2.45, 2.75) is 39.3 Å². The van der Waals surface area contributed by atoms with Crippen molar-refractivity contribution in [2.75, 3.05) is 24.1 Å². The highest BCUT2D eigenvalue weighted by Crippen LogP contribution is 2.24. The maximum atomic E-state index is 6.16. The molecule has 136 valence electrons. The number of nitrogens with zero attached hydrogens (tertiary/aromatic N) is 5. The van der Waals surface area contributed by atoms with Gasteiger partial charge in [-0.2, -0.15) is 9.97 Å². The van der Waals surface area contributed by atoms with Crippen molar-refractivity contribution >= 4 is 22.8 Å². The summed E-state index contributed by atoms with van der Waals surface area (Å²) in [5, 5.41) is 4.29. The van der Waals surface area contributed by atoms with Gasteiger partial charge in [-0.1, -0.05) is 0 Å². The van der Waals surface area contributed by atoms with Gasteiger partial charge in [0.2, 0.25) is 5.95 Å². The number of pyridine rings is 1. The second-order valence-electron chi connectivity index (χ2n) is 6.98. The van der Waals surface area contributed by atoms with Gasteiger partial charge < -0.3 is 16.0 Å². The largest absolute Gasteiger partial charge is 0.383 e. The summed E-state index contributed by atoms with van der Waals surface area (Å²) in [7, 11) is 0. The van der Waals surface area contributed by atoms with Crippen LogP contribution in [-0.2, 0) is 6.54 Å². The number of aromatic nitrogens is 5. The molecule has 1 aliphatic heterocycles. The number of hydrogen-bond acceptors (Lipinski definition) is 7. The van der Waals surface area contributed by atoms with Crippen LogP contribution >= 0.6 is 0 Å². The topological polar surface area (TPSA) is 109 Å². The molecule has 0 atom stereocenters. The molecule has 1 fully saturated rings. The van der Waals surface area contributed by atoms with Crippen molar-refractivity contribution in [1.82, 2.24) is 29.8 Å². The minimum Gasteiger partial charge on any atom is -0.383 e. The molecule has 4 heterocycles. The van der Waals surface area contributed by atoms with Crippen LogP contribution in [0.5, 0.6) is 0 Å². The molecule has 0 unspecified atom stereocenters. The van der Waals surface area contributed by atoms with Gasteiger partial charge in [0.15, 0.2) is 5.65 Å². The first-order valence-electron chi connectivity index (χ1n) is 8.96. The molecule has 3 aromatic rings. The standard InChI is InChI=1S/C18H24N8/c1-11-7-12(2)22-17-15(11)16(19)24-18(25-17)23-13-3-5-26(6-4-13)9-14-8-20-10-21-14/h7-8,10,13H,3-6,9H2,1-2H3,(H,20,21)(H3,19,22,23,24,25). The number of hydrogen-bond donors (Lipinski definition) is 3. The summed E-state index contributed by atoms with van der Waals surface area (Å²) in [5.74, 6) is 1.05. The Balaban J connectivity index is 1.43. The predicted molar refractivity (Wildman–Crippen MR) is 102 cm³/mol. The van der Waals surface area contributed by atoms with E-state index < -0.39 is 0 Å². The summed E-state index contributed by atoms with van der Waals surface area (Å²) in [5.41, 5.74) is 9.97. The Labute approximate surface area is 152 Å². The third-order valence-corrected chi connectivity index (χ3v) is 4.89. The fourth-order valence-electron chi connectivity index (χ4n) is 3.60. The third-order valence-electron chi connectivity index (χ3n) is 4.89. The number of nitrogen functional groups attached to an aromatic ring is 1. The molecule has 0 spiro atoms. The van der Waals surface area contributed by atoms with E-state index in [0.717, 1.165) is 54.8 Å². The Morgan fingerprint density at radius 3 is 2.77 bits per heavy atom. The van der Waals surface area contributed by atoms with E-state index in [9.17, 15) is 0 Å². The van der Waals surface area contributed by atoms with Crippen LogP contribution in [-0.4, -0.2) is 49.0 Å². The predicted octanol–water partition coefficient (Wildman–Crippen LogP) is 2.02. The normalized spacial score (nSPS) is 16.2. The lowest BCUT2D eigenvalue weighted by molar-refractivity contribution is 0.209. The maximum Gasteiger partial charge on any atom is 0.226 e. The molecule has 8 heteroatoms. The van der Waals surface area contributed by atoms with Crippen LogP contribution < -0.4 is 11.1 Å². The van der Waals surface area contributed by atoms with Crippen molar-refractivity contribution in [2.24, 2.45) is 0 Å². The summed E-state index contributed by atoms with van der Waals surface area (Å²) in [6, 6.07) is 2.35. The Morgan fingerprint density at radius 2 is 2.04 bits per heavy atom. The summed E-state index contributed by atoms with van der Waals surface area (Å²) < 4.78 is 0. The number of nitrogens with two attached hydrogens (primary N) is 1.